The summed E-state index contributed by atoms with van der Waals surface area (Å²) in [5, 5.41) is 26.6. The number of halogens is 1. The van der Waals surface area contributed by atoms with E-state index >= 15 is 0 Å². The van der Waals surface area contributed by atoms with Gasteiger partial charge in [0.05, 0.1) is 6.21 Å². The molecule has 1 aromatic heterocycles. The quantitative estimate of drug-likeness (QED) is 0.547. The first-order valence-electron chi connectivity index (χ1n) is 4.27. The molecule has 0 fully saturated rings. The van der Waals surface area contributed by atoms with Gasteiger partial charge in [0.25, 0.3) is 5.95 Å². The summed E-state index contributed by atoms with van der Waals surface area (Å²) in [5.41, 5.74) is 3.01. The number of nitrogens with one attached hydrogen (secondary N) is 2. The zero-order valence-electron chi connectivity index (χ0n) is 7.92. The Balaban J connectivity index is 2.08. The predicted octanol–water partition coefficient (Wildman–Crippen LogP) is 1.00. The molecule has 0 spiro atoms. The molecule has 0 aliphatic heterocycles. The number of H-pyrrole nitrogens is 1. The number of benzene rings is 1. The lowest BCUT2D eigenvalue weighted by Gasteiger charge is -1.98. The van der Waals surface area contributed by atoms with Gasteiger partial charge in [0.15, 0.2) is 0 Å². The first-order chi connectivity index (χ1) is 7.75. The van der Waals surface area contributed by atoms with Crippen LogP contribution in [0.15, 0.2) is 23.3 Å². The van der Waals surface area contributed by atoms with Crippen molar-refractivity contribution in [1.29, 1.82) is 0 Å². The summed E-state index contributed by atoms with van der Waals surface area (Å²) in [4.78, 5) is 0. The van der Waals surface area contributed by atoms with Gasteiger partial charge in [-0.1, -0.05) is 16.7 Å². The van der Waals surface area contributed by atoms with Gasteiger partial charge in [0.1, 0.15) is 5.75 Å². The lowest BCUT2D eigenvalue weighted by molar-refractivity contribution is 0.474. The minimum Gasteiger partial charge on any atom is -0.507 e. The Morgan fingerprint density at radius 1 is 1.50 bits per heavy atom. The molecule has 1 heterocycles. The highest BCUT2D eigenvalue weighted by atomic mass is 35.5. The number of aromatic hydroxyl groups is 1. The van der Waals surface area contributed by atoms with Crippen LogP contribution in [0.2, 0.25) is 5.02 Å². The van der Waals surface area contributed by atoms with Gasteiger partial charge < -0.3 is 5.11 Å². The van der Waals surface area contributed by atoms with Crippen LogP contribution >= 0.6 is 11.6 Å². The fraction of sp³-hybridized carbons (Fsp3) is 0. The number of tetrazole rings is 1. The Hall–Kier alpha value is -2.15. The summed E-state index contributed by atoms with van der Waals surface area (Å²) in [7, 11) is 0. The number of hydrazone groups is 1. The summed E-state index contributed by atoms with van der Waals surface area (Å²) < 4.78 is 0. The van der Waals surface area contributed by atoms with Crippen molar-refractivity contribution in [3.63, 3.8) is 0 Å². The Morgan fingerprint density at radius 3 is 3.12 bits per heavy atom. The van der Waals surface area contributed by atoms with E-state index in [9.17, 15) is 5.11 Å². The van der Waals surface area contributed by atoms with E-state index in [4.69, 9.17) is 11.6 Å². The molecule has 0 unspecified atom stereocenters. The van der Waals surface area contributed by atoms with Crippen LogP contribution in [0.5, 0.6) is 5.75 Å². The molecule has 0 saturated heterocycles. The van der Waals surface area contributed by atoms with Crippen LogP contribution in [-0.4, -0.2) is 31.9 Å². The van der Waals surface area contributed by atoms with E-state index in [1.165, 1.54) is 12.3 Å². The molecule has 16 heavy (non-hydrogen) atoms. The number of aromatic amines is 1. The van der Waals surface area contributed by atoms with Gasteiger partial charge in [-0.2, -0.15) is 10.3 Å². The Labute approximate surface area is 95.1 Å². The van der Waals surface area contributed by atoms with Crippen LogP contribution in [0.1, 0.15) is 5.56 Å². The van der Waals surface area contributed by atoms with Crippen molar-refractivity contribution in [2.45, 2.75) is 0 Å². The number of nitrogens with zero attached hydrogens (tertiary/aromatic N) is 4. The van der Waals surface area contributed by atoms with E-state index in [0.29, 0.717) is 10.6 Å². The van der Waals surface area contributed by atoms with Crippen molar-refractivity contribution < 1.29 is 5.11 Å². The number of phenolic OH excluding ortho intramolecular Hbond substituents is 1. The molecule has 7 nitrogen and oxygen atoms in total. The minimum absolute atomic E-state index is 0.0862. The van der Waals surface area contributed by atoms with Gasteiger partial charge in [-0.15, -0.1) is 5.10 Å². The van der Waals surface area contributed by atoms with Gasteiger partial charge >= 0.3 is 0 Å². The van der Waals surface area contributed by atoms with Crippen LogP contribution < -0.4 is 5.43 Å². The smallest absolute Gasteiger partial charge is 0.283 e. The molecule has 0 aliphatic carbocycles. The summed E-state index contributed by atoms with van der Waals surface area (Å²) in [6.45, 7) is 0. The average molecular weight is 239 g/mol. The third-order valence-corrected chi connectivity index (χ3v) is 1.94. The summed E-state index contributed by atoms with van der Waals surface area (Å²) in [5.74, 6) is 0.320. The Bertz CT molecular complexity index is 497. The molecule has 0 radical (unpaired) electrons. The maximum Gasteiger partial charge on any atom is 0.283 e. The van der Waals surface area contributed by atoms with Crippen molar-refractivity contribution in [3.05, 3.63) is 28.8 Å². The monoisotopic (exact) mass is 238 g/mol. The van der Waals surface area contributed by atoms with Crippen LogP contribution in [-0.2, 0) is 0 Å². The molecule has 3 N–H and O–H groups in total. The van der Waals surface area contributed by atoms with Gasteiger partial charge in [-0.3, -0.25) is 0 Å². The molecule has 2 rings (SSSR count). The number of aromatic nitrogens is 4. The number of phenols is 1. The molecular formula is C8H7ClN6O. The van der Waals surface area contributed by atoms with Crippen LogP contribution in [0.4, 0.5) is 5.95 Å². The summed E-state index contributed by atoms with van der Waals surface area (Å²) in [6.07, 6.45) is 1.40. The fourth-order valence-corrected chi connectivity index (χ4v) is 1.18. The van der Waals surface area contributed by atoms with E-state index in [0.717, 1.165) is 0 Å². The maximum atomic E-state index is 9.46. The first kappa shape index (κ1) is 10.4. The molecular weight excluding hydrogens is 232 g/mol. The second-order valence-corrected chi connectivity index (χ2v) is 3.24. The zero-order chi connectivity index (χ0) is 11.4. The average Bonchev–Trinajstić information content (AvgIpc) is 2.76. The van der Waals surface area contributed by atoms with Crippen molar-refractivity contribution in [3.8, 4) is 5.75 Å². The standard InChI is InChI=1S/C8H7ClN6O/c9-6-1-2-7(16)5(3-6)4-10-11-8-12-14-15-13-8/h1-4,16H,(H2,11,12,13,14,15)/b10-4-. The highest BCUT2D eigenvalue weighted by molar-refractivity contribution is 6.30. The topological polar surface area (TPSA) is 99.1 Å². The maximum absolute atomic E-state index is 9.46. The van der Waals surface area contributed by atoms with Gasteiger partial charge in [0.2, 0.25) is 0 Å². The predicted molar refractivity (Wildman–Crippen MR) is 58.5 cm³/mol. The van der Waals surface area contributed by atoms with Crippen LogP contribution in [0, 0.1) is 0 Å². The highest BCUT2D eigenvalue weighted by Crippen LogP contribution is 2.19. The van der Waals surface area contributed by atoms with E-state index in [-0.39, 0.29) is 11.7 Å². The van der Waals surface area contributed by atoms with Gasteiger partial charge in [-0.25, -0.2) is 5.43 Å². The van der Waals surface area contributed by atoms with Crippen LogP contribution in [0.3, 0.4) is 0 Å². The van der Waals surface area contributed by atoms with Crippen molar-refractivity contribution in [1.82, 2.24) is 20.6 Å². The van der Waals surface area contributed by atoms with E-state index in [1.807, 2.05) is 0 Å². The third-order valence-electron chi connectivity index (χ3n) is 1.70. The molecule has 1 aromatic carbocycles. The second kappa shape index (κ2) is 4.58. The normalized spacial score (nSPS) is 10.8. The lowest BCUT2D eigenvalue weighted by Crippen LogP contribution is -1.92. The second-order valence-electron chi connectivity index (χ2n) is 2.81. The number of hydrogen-bond donors (Lipinski definition) is 3. The van der Waals surface area contributed by atoms with Crippen molar-refractivity contribution >= 4 is 23.8 Å². The van der Waals surface area contributed by atoms with Gasteiger partial charge in [0, 0.05) is 10.6 Å². The fourth-order valence-electron chi connectivity index (χ4n) is 0.997. The number of rotatable bonds is 3. The Kier molecular flexibility index (Phi) is 2.97. The zero-order valence-corrected chi connectivity index (χ0v) is 8.68. The SMILES string of the molecule is Oc1ccc(Cl)cc1/C=N\Nc1nn[nH]n1. The lowest BCUT2D eigenvalue weighted by atomic mass is 10.2. The molecule has 0 atom stereocenters. The molecule has 8 heteroatoms. The summed E-state index contributed by atoms with van der Waals surface area (Å²) in [6, 6.07) is 4.65. The van der Waals surface area contributed by atoms with E-state index in [2.05, 4.69) is 31.2 Å². The minimum atomic E-state index is 0.0862. The molecule has 0 aliphatic rings. The van der Waals surface area contributed by atoms with Crippen molar-refractivity contribution in [2.24, 2.45) is 5.10 Å². The van der Waals surface area contributed by atoms with Crippen molar-refractivity contribution in [2.75, 3.05) is 5.43 Å². The highest BCUT2D eigenvalue weighted by Gasteiger charge is 1.99. The largest absolute Gasteiger partial charge is 0.507 e. The van der Waals surface area contributed by atoms with Gasteiger partial charge in [-0.05, 0) is 23.4 Å². The summed E-state index contributed by atoms with van der Waals surface area (Å²) >= 11 is 5.76. The first-order valence-corrected chi connectivity index (χ1v) is 4.64. The molecule has 0 amide bonds. The van der Waals surface area contributed by atoms with Crippen LogP contribution in [0.25, 0.3) is 0 Å². The Morgan fingerprint density at radius 2 is 2.38 bits per heavy atom. The third kappa shape index (κ3) is 2.45. The molecule has 0 saturated carbocycles. The molecule has 0 bridgehead atoms. The number of anilines is 1. The molecule has 2 aromatic rings. The number of hydrogen-bond acceptors (Lipinski definition) is 6. The van der Waals surface area contributed by atoms with E-state index < -0.39 is 0 Å². The van der Waals surface area contributed by atoms with E-state index in [1.54, 1.807) is 12.1 Å². The molecule has 82 valence electrons.